The van der Waals surface area contributed by atoms with Gasteiger partial charge in [-0.2, -0.15) is 4.72 Å². The van der Waals surface area contributed by atoms with Crippen LogP contribution in [0, 0.1) is 6.92 Å². The Labute approximate surface area is 229 Å². The minimum absolute atomic E-state index is 0.0346. The van der Waals surface area contributed by atoms with Gasteiger partial charge < -0.3 is 19.7 Å². The van der Waals surface area contributed by atoms with Crippen molar-refractivity contribution in [1.29, 1.82) is 0 Å². The lowest BCUT2D eigenvalue weighted by atomic mass is 10.1. The van der Waals surface area contributed by atoms with E-state index >= 15 is 0 Å². The summed E-state index contributed by atoms with van der Waals surface area (Å²) in [4.78, 5) is 27.9. The zero-order valence-corrected chi connectivity index (χ0v) is 22.7. The molecular weight excluding hydrogens is 518 g/mol. The van der Waals surface area contributed by atoms with Crippen LogP contribution in [0.25, 0.3) is 0 Å². The highest BCUT2D eigenvalue weighted by Gasteiger charge is 2.27. The van der Waals surface area contributed by atoms with Gasteiger partial charge in [0.25, 0.3) is 0 Å². The van der Waals surface area contributed by atoms with Crippen LogP contribution in [0.2, 0.25) is 0 Å². The summed E-state index contributed by atoms with van der Waals surface area (Å²) in [6.07, 6.45) is -0.215. The molecule has 3 aromatic carbocycles. The van der Waals surface area contributed by atoms with E-state index in [1.165, 1.54) is 12.1 Å². The highest BCUT2D eigenvalue weighted by atomic mass is 32.2. The standard InChI is InChI=1S/C29H33N3O6S/c1-22-7-13-26(14-8-22)39(35,36)31-27(15-16-28(33)38-21-23-5-3-2-4-6-23)29(34)30-24-9-11-25(12-10-24)32-17-19-37-20-18-32/h2-14,27,31H,15-21H2,1H3,(H,30,34)/t27-/m0/s1. The van der Waals surface area contributed by atoms with Gasteiger partial charge in [-0.1, -0.05) is 48.0 Å². The normalized spacial score (nSPS) is 14.4. The molecule has 1 saturated heterocycles. The first-order chi connectivity index (χ1) is 18.8. The number of benzene rings is 3. The van der Waals surface area contributed by atoms with Gasteiger partial charge in [-0.05, 0) is 55.3 Å². The first kappa shape index (κ1) is 28.3. The van der Waals surface area contributed by atoms with E-state index in [0.29, 0.717) is 18.9 Å². The Morgan fingerprint density at radius 3 is 2.28 bits per heavy atom. The first-order valence-corrected chi connectivity index (χ1v) is 14.3. The van der Waals surface area contributed by atoms with E-state index in [0.717, 1.165) is 29.9 Å². The van der Waals surface area contributed by atoms with Crippen LogP contribution in [0.3, 0.4) is 0 Å². The molecule has 0 spiro atoms. The van der Waals surface area contributed by atoms with Gasteiger partial charge in [0.2, 0.25) is 15.9 Å². The van der Waals surface area contributed by atoms with Gasteiger partial charge in [0.1, 0.15) is 12.6 Å². The van der Waals surface area contributed by atoms with Crippen molar-refractivity contribution < 1.29 is 27.5 Å². The van der Waals surface area contributed by atoms with Crippen molar-refractivity contribution in [3.05, 3.63) is 90.0 Å². The summed E-state index contributed by atoms with van der Waals surface area (Å²) >= 11 is 0. The summed E-state index contributed by atoms with van der Waals surface area (Å²) in [5.41, 5.74) is 3.27. The number of nitrogens with one attached hydrogen (secondary N) is 2. The summed E-state index contributed by atoms with van der Waals surface area (Å²) < 4.78 is 39.3. The topological polar surface area (TPSA) is 114 Å². The number of esters is 1. The second-order valence-corrected chi connectivity index (χ2v) is 11.0. The highest BCUT2D eigenvalue weighted by Crippen LogP contribution is 2.20. The molecule has 1 heterocycles. The highest BCUT2D eigenvalue weighted by molar-refractivity contribution is 7.89. The number of hydrogen-bond acceptors (Lipinski definition) is 7. The minimum Gasteiger partial charge on any atom is -0.461 e. The molecule has 1 amide bonds. The van der Waals surface area contributed by atoms with Crippen molar-refractivity contribution in [2.24, 2.45) is 0 Å². The average molecular weight is 552 g/mol. The molecule has 0 aromatic heterocycles. The van der Waals surface area contributed by atoms with Crippen LogP contribution in [-0.2, 0) is 35.7 Å². The minimum atomic E-state index is -4.02. The van der Waals surface area contributed by atoms with Gasteiger partial charge in [0.15, 0.2) is 0 Å². The molecule has 39 heavy (non-hydrogen) atoms. The van der Waals surface area contributed by atoms with E-state index in [1.807, 2.05) is 49.4 Å². The maximum absolute atomic E-state index is 13.2. The van der Waals surface area contributed by atoms with Crippen LogP contribution in [0.5, 0.6) is 0 Å². The fourth-order valence-corrected chi connectivity index (χ4v) is 5.33. The molecule has 2 N–H and O–H groups in total. The lowest BCUT2D eigenvalue weighted by Gasteiger charge is -2.29. The molecule has 4 rings (SSSR count). The van der Waals surface area contributed by atoms with Gasteiger partial charge in [-0.15, -0.1) is 0 Å². The smallest absolute Gasteiger partial charge is 0.306 e. The van der Waals surface area contributed by atoms with Crippen LogP contribution < -0.4 is 14.9 Å². The van der Waals surface area contributed by atoms with Crippen molar-refractivity contribution in [3.8, 4) is 0 Å². The van der Waals surface area contributed by atoms with Gasteiger partial charge in [-0.25, -0.2) is 8.42 Å². The Bertz CT molecular complexity index is 1340. The molecule has 1 aliphatic rings. The largest absolute Gasteiger partial charge is 0.461 e. The fourth-order valence-electron chi connectivity index (χ4n) is 4.10. The van der Waals surface area contributed by atoms with Crippen LogP contribution in [0.4, 0.5) is 11.4 Å². The number of nitrogens with zero attached hydrogens (tertiary/aromatic N) is 1. The number of carbonyl (C=O) groups is 2. The number of hydrogen-bond donors (Lipinski definition) is 2. The summed E-state index contributed by atoms with van der Waals surface area (Å²) in [6.45, 7) is 4.85. The van der Waals surface area contributed by atoms with Gasteiger partial charge in [-0.3, -0.25) is 9.59 Å². The Kier molecular flexibility index (Phi) is 9.69. The van der Waals surface area contributed by atoms with Crippen molar-refractivity contribution in [2.45, 2.75) is 37.3 Å². The van der Waals surface area contributed by atoms with Gasteiger partial charge in [0, 0.05) is 30.9 Å². The molecule has 0 aliphatic carbocycles. The predicted octanol–water partition coefficient (Wildman–Crippen LogP) is 3.64. The molecule has 0 saturated carbocycles. The van der Waals surface area contributed by atoms with E-state index in [9.17, 15) is 18.0 Å². The van der Waals surface area contributed by atoms with Crippen LogP contribution in [0.15, 0.2) is 83.8 Å². The quantitative estimate of drug-likeness (QED) is 0.350. The average Bonchev–Trinajstić information content (AvgIpc) is 2.95. The summed E-state index contributed by atoms with van der Waals surface area (Å²) in [7, 11) is -4.02. The van der Waals surface area contributed by atoms with Crippen molar-refractivity contribution in [3.63, 3.8) is 0 Å². The van der Waals surface area contributed by atoms with Crippen LogP contribution in [-0.4, -0.2) is 52.6 Å². The maximum Gasteiger partial charge on any atom is 0.306 e. The van der Waals surface area contributed by atoms with E-state index in [4.69, 9.17) is 9.47 Å². The SMILES string of the molecule is Cc1ccc(S(=O)(=O)N[C@@H](CCC(=O)OCc2ccccc2)C(=O)Nc2ccc(N3CCOCC3)cc2)cc1. The third-order valence-corrected chi connectivity index (χ3v) is 7.82. The molecule has 0 unspecified atom stereocenters. The zero-order chi connectivity index (χ0) is 27.7. The fraction of sp³-hybridized carbons (Fsp3) is 0.310. The molecule has 9 nitrogen and oxygen atoms in total. The summed E-state index contributed by atoms with van der Waals surface area (Å²) in [6, 6.07) is 21.7. The molecule has 0 radical (unpaired) electrons. The Balaban J connectivity index is 1.42. The summed E-state index contributed by atoms with van der Waals surface area (Å²) in [5.74, 6) is -1.10. The number of sulfonamides is 1. The molecule has 1 fully saturated rings. The molecule has 3 aromatic rings. The molecule has 206 valence electrons. The van der Waals surface area contributed by atoms with Gasteiger partial charge >= 0.3 is 5.97 Å². The second-order valence-electron chi connectivity index (χ2n) is 9.31. The van der Waals surface area contributed by atoms with E-state index in [-0.39, 0.29) is 24.3 Å². The molecular formula is C29H33N3O6S. The van der Waals surface area contributed by atoms with Gasteiger partial charge in [0.05, 0.1) is 18.1 Å². The third-order valence-electron chi connectivity index (χ3n) is 6.34. The van der Waals surface area contributed by atoms with E-state index in [1.54, 1.807) is 24.3 Å². The van der Waals surface area contributed by atoms with Crippen LogP contribution in [0.1, 0.15) is 24.0 Å². The number of rotatable bonds is 11. The molecule has 10 heteroatoms. The maximum atomic E-state index is 13.2. The third kappa shape index (κ3) is 8.38. The number of morpholine rings is 1. The first-order valence-electron chi connectivity index (χ1n) is 12.8. The monoisotopic (exact) mass is 551 g/mol. The summed E-state index contributed by atoms with van der Waals surface area (Å²) in [5, 5.41) is 2.78. The number of amides is 1. The van der Waals surface area contributed by atoms with E-state index < -0.39 is 27.9 Å². The lowest BCUT2D eigenvalue weighted by molar-refractivity contribution is -0.145. The van der Waals surface area contributed by atoms with Crippen LogP contribution >= 0.6 is 0 Å². The second kappa shape index (κ2) is 13.4. The lowest BCUT2D eigenvalue weighted by Crippen LogP contribution is -2.44. The molecule has 1 atom stereocenters. The van der Waals surface area contributed by atoms with Crippen molar-refractivity contribution >= 4 is 33.3 Å². The number of carbonyl (C=O) groups excluding carboxylic acids is 2. The zero-order valence-electron chi connectivity index (χ0n) is 21.8. The Hall–Kier alpha value is -3.73. The number of anilines is 2. The van der Waals surface area contributed by atoms with E-state index in [2.05, 4.69) is 14.9 Å². The molecule has 0 bridgehead atoms. The Morgan fingerprint density at radius 1 is 0.949 bits per heavy atom. The number of ether oxygens (including phenoxy) is 2. The predicted molar refractivity (Wildman–Crippen MR) is 149 cm³/mol. The van der Waals surface area contributed by atoms with Crippen molar-refractivity contribution in [2.75, 3.05) is 36.5 Å². The van der Waals surface area contributed by atoms with Crippen molar-refractivity contribution in [1.82, 2.24) is 4.72 Å². The number of aryl methyl sites for hydroxylation is 1. The molecule has 1 aliphatic heterocycles. The Morgan fingerprint density at radius 2 is 1.62 bits per heavy atom.